The summed E-state index contributed by atoms with van der Waals surface area (Å²) in [7, 11) is 1.95. The van der Waals surface area contributed by atoms with Gasteiger partial charge in [0, 0.05) is 31.3 Å². The van der Waals surface area contributed by atoms with Gasteiger partial charge in [0.25, 0.3) is 0 Å². The quantitative estimate of drug-likeness (QED) is 0.802. The van der Waals surface area contributed by atoms with Crippen LogP contribution < -0.4 is 5.32 Å². The van der Waals surface area contributed by atoms with E-state index in [1.165, 1.54) is 0 Å². The second-order valence-electron chi connectivity index (χ2n) is 3.68. The maximum atomic E-state index is 11.8. The van der Waals surface area contributed by atoms with Gasteiger partial charge in [-0.15, -0.1) is 12.4 Å². The smallest absolute Gasteiger partial charge is 0.223 e. The molecule has 15 heavy (non-hydrogen) atoms. The van der Waals surface area contributed by atoms with Gasteiger partial charge < -0.3 is 10.2 Å². The molecule has 1 aliphatic rings. The Bertz CT molecular complexity index is 192. The van der Waals surface area contributed by atoms with Gasteiger partial charge in [-0.2, -0.15) is 11.8 Å². The predicted molar refractivity (Wildman–Crippen MR) is 68.9 cm³/mol. The van der Waals surface area contributed by atoms with Gasteiger partial charge in [-0.3, -0.25) is 4.79 Å². The first-order valence-corrected chi connectivity index (χ1v) is 6.62. The van der Waals surface area contributed by atoms with Crippen molar-refractivity contribution in [3.63, 3.8) is 0 Å². The van der Waals surface area contributed by atoms with Crippen LogP contribution in [0.3, 0.4) is 0 Å². The Hall–Kier alpha value is 0.0700. The van der Waals surface area contributed by atoms with Gasteiger partial charge in [0.1, 0.15) is 0 Å². The molecule has 1 heterocycles. The third-order valence-corrected chi connectivity index (χ3v) is 3.27. The molecular formula is C10H21ClN2OS. The van der Waals surface area contributed by atoms with Gasteiger partial charge in [-0.1, -0.05) is 0 Å². The molecule has 0 aliphatic carbocycles. The van der Waals surface area contributed by atoms with Crippen LogP contribution in [0.1, 0.15) is 19.3 Å². The number of carbonyl (C=O) groups excluding carboxylic acids is 1. The molecule has 0 aromatic heterocycles. The molecule has 1 saturated heterocycles. The summed E-state index contributed by atoms with van der Waals surface area (Å²) < 4.78 is 0. The van der Waals surface area contributed by atoms with Crippen molar-refractivity contribution in [3.8, 4) is 0 Å². The number of hydrogen-bond donors (Lipinski definition) is 1. The molecule has 1 fully saturated rings. The van der Waals surface area contributed by atoms with Crippen LogP contribution in [0.4, 0.5) is 0 Å². The number of hydrogen-bond acceptors (Lipinski definition) is 3. The fourth-order valence-corrected chi connectivity index (χ4v) is 2.32. The van der Waals surface area contributed by atoms with E-state index < -0.39 is 0 Å². The van der Waals surface area contributed by atoms with Gasteiger partial charge in [-0.05, 0) is 26.1 Å². The highest BCUT2D eigenvalue weighted by Gasteiger charge is 2.27. The number of amides is 1. The first kappa shape index (κ1) is 15.1. The molecule has 1 aliphatic heterocycles. The Morgan fingerprint density at radius 1 is 1.60 bits per heavy atom. The molecule has 0 aromatic rings. The summed E-state index contributed by atoms with van der Waals surface area (Å²) in [5, 5.41) is 3.15. The molecule has 1 N–H and O–H groups in total. The van der Waals surface area contributed by atoms with Crippen molar-refractivity contribution in [1.29, 1.82) is 0 Å². The zero-order valence-electron chi connectivity index (χ0n) is 9.49. The molecule has 90 valence electrons. The zero-order valence-corrected chi connectivity index (χ0v) is 11.1. The molecule has 1 atom stereocenters. The summed E-state index contributed by atoms with van der Waals surface area (Å²) in [5.74, 6) is 1.28. The Kier molecular flexibility index (Phi) is 8.29. The van der Waals surface area contributed by atoms with Gasteiger partial charge in [0.15, 0.2) is 0 Å². The lowest BCUT2D eigenvalue weighted by Crippen LogP contribution is -2.40. The van der Waals surface area contributed by atoms with Crippen molar-refractivity contribution < 1.29 is 4.79 Å². The van der Waals surface area contributed by atoms with E-state index in [2.05, 4.69) is 5.32 Å². The van der Waals surface area contributed by atoms with E-state index >= 15 is 0 Å². The van der Waals surface area contributed by atoms with E-state index in [1.54, 1.807) is 11.8 Å². The van der Waals surface area contributed by atoms with E-state index in [4.69, 9.17) is 0 Å². The van der Waals surface area contributed by atoms with Crippen molar-refractivity contribution in [1.82, 2.24) is 10.2 Å². The minimum absolute atomic E-state index is 0. The van der Waals surface area contributed by atoms with Crippen LogP contribution in [-0.4, -0.2) is 49.0 Å². The minimum atomic E-state index is 0. The average Bonchev–Trinajstić information content (AvgIpc) is 2.63. The highest BCUT2D eigenvalue weighted by molar-refractivity contribution is 7.98. The summed E-state index contributed by atoms with van der Waals surface area (Å²) in [6.07, 6.45) is 5.06. The van der Waals surface area contributed by atoms with Gasteiger partial charge in [-0.25, -0.2) is 0 Å². The minimum Gasteiger partial charge on any atom is -0.338 e. The summed E-state index contributed by atoms with van der Waals surface area (Å²) in [6.45, 7) is 1.89. The van der Waals surface area contributed by atoms with Crippen LogP contribution in [-0.2, 0) is 4.79 Å². The first-order valence-electron chi connectivity index (χ1n) is 5.22. The number of likely N-dealkylation sites (N-methyl/N-ethyl adjacent to an activating group) is 1. The molecule has 5 heteroatoms. The molecule has 0 aromatic carbocycles. The molecule has 0 spiro atoms. The lowest BCUT2D eigenvalue weighted by atomic mass is 10.2. The van der Waals surface area contributed by atoms with Crippen molar-refractivity contribution >= 4 is 30.1 Å². The van der Waals surface area contributed by atoms with Crippen LogP contribution in [0.5, 0.6) is 0 Å². The summed E-state index contributed by atoms with van der Waals surface area (Å²) in [6, 6.07) is 0.439. The van der Waals surface area contributed by atoms with E-state index in [0.29, 0.717) is 18.4 Å². The third kappa shape index (κ3) is 4.62. The van der Waals surface area contributed by atoms with E-state index in [1.807, 2.05) is 18.2 Å². The van der Waals surface area contributed by atoms with E-state index in [-0.39, 0.29) is 12.4 Å². The van der Waals surface area contributed by atoms with Crippen molar-refractivity contribution in [3.05, 3.63) is 0 Å². The van der Waals surface area contributed by atoms with Crippen LogP contribution in [0, 0.1) is 0 Å². The molecule has 0 radical (unpaired) electrons. The van der Waals surface area contributed by atoms with Gasteiger partial charge >= 0.3 is 0 Å². The van der Waals surface area contributed by atoms with Crippen LogP contribution in [0.15, 0.2) is 0 Å². The van der Waals surface area contributed by atoms with Gasteiger partial charge in [0.2, 0.25) is 5.91 Å². The normalized spacial score (nSPS) is 20.1. The topological polar surface area (TPSA) is 32.3 Å². The Labute approximate surface area is 103 Å². The monoisotopic (exact) mass is 252 g/mol. The average molecular weight is 253 g/mol. The molecule has 1 rings (SSSR count). The van der Waals surface area contributed by atoms with Gasteiger partial charge in [0.05, 0.1) is 0 Å². The fourth-order valence-electron chi connectivity index (χ4n) is 1.94. The van der Waals surface area contributed by atoms with Crippen LogP contribution in [0.25, 0.3) is 0 Å². The highest BCUT2D eigenvalue weighted by atomic mass is 35.5. The summed E-state index contributed by atoms with van der Waals surface area (Å²) >= 11 is 1.74. The fraction of sp³-hybridized carbons (Fsp3) is 0.900. The van der Waals surface area contributed by atoms with Crippen LogP contribution >= 0.6 is 24.2 Å². The summed E-state index contributed by atoms with van der Waals surface area (Å²) in [5.41, 5.74) is 0. The Morgan fingerprint density at radius 2 is 2.33 bits per heavy atom. The number of halogens is 1. The summed E-state index contributed by atoms with van der Waals surface area (Å²) in [4.78, 5) is 13.8. The van der Waals surface area contributed by atoms with Crippen molar-refractivity contribution in [2.75, 3.05) is 32.1 Å². The number of nitrogens with zero attached hydrogens (tertiary/aromatic N) is 1. The predicted octanol–water partition coefficient (Wildman–Crippen LogP) is 1.37. The second-order valence-corrected chi connectivity index (χ2v) is 4.67. The zero-order chi connectivity index (χ0) is 10.4. The number of rotatable bonds is 5. The largest absolute Gasteiger partial charge is 0.338 e. The van der Waals surface area contributed by atoms with Crippen molar-refractivity contribution in [2.24, 2.45) is 0 Å². The Morgan fingerprint density at radius 3 is 2.93 bits per heavy atom. The maximum absolute atomic E-state index is 11.8. The highest BCUT2D eigenvalue weighted by Crippen LogP contribution is 2.17. The van der Waals surface area contributed by atoms with E-state index in [0.717, 1.165) is 31.7 Å². The molecule has 1 amide bonds. The SMILES string of the molecule is CNCC1CCCN1C(=O)CCSC.Cl. The van der Waals surface area contributed by atoms with E-state index in [9.17, 15) is 4.79 Å². The number of carbonyl (C=O) groups is 1. The standard InChI is InChI=1S/C10H20N2OS.ClH/c1-11-8-9-4-3-6-12(9)10(13)5-7-14-2;/h9,11H,3-8H2,1-2H3;1H. The second kappa shape index (κ2) is 8.25. The number of nitrogens with one attached hydrogen (secondary N) is 1. The lowest BCUT2D eigenvalue weighted by Gasteiger charge is -2.24. The van der Waals surface area contributed by atoms with Crippen LogP contribution in [0.2, 0.25) is 0 Å². The lowest BCUT2D eigenvalue weighted by molar-refractivity contribution is -0.131. The number of likely N-dealkylation sites (tertiary alicyclic amines) is 1. The molecular weight excluding hydrogens is 232 g/mol. The first-order chi connectivity index (χ1) is 6.79. The third-order valence-electron chi connectivity index (χ3n) is 2.66. The molecule has 3 nitrogen and oxygen atoms in total. The molecule has 0 bridgehead atoms. The van der Waals surface area contributed by atoms with Crippen molar-refractivity contribution in [2.45, 2.75) is 25.3 Å². The molecule has 0 saturated carbocycles. The maximum Gasteiger partial charge on any atom is 0.223 e. The molecule has 1 unspecified atom stereocenters. The number of thioether (sulfide) groups is 1. The Balaban J connectivity index is 0.00000196.